The number of hydrogen-bond acceptors (Lipinski definition) is 4. The van der Waals surface area contributed by atoms with E-state index >= 15 is 0 Å². The second kappa shape index (κ2) is 16.8. The van der Waals surface area contributed by atoms with E-state index in [-0.39, 0.29) is 52.1 Å². The first kappa shape index (κ1) is 46.2. The molecule has 7 aliphatic rings. The Morgan fingerprint density at radius 2 is 1.53 bits per heavy atom. The summed E-state index contributed by atoms with van der Waals surface area (Å²) in [5.41, 5.74) is 13.6. The van der Waals surface area contributed by atoms with E-state index in [9.17, 15) is 9.90 Å². The lowest BCUT2D eigenvalue weighted by atomic mass is 9.37. The van der Waals surface area contributed by atoms with E-state index in [1.807, 2.05) is 13.8 Å². The number of nitrogens with one attached hydrogen (secondary N) is 1. The molecule has 1 amide bonds. The van der Waals surface area contributed by atoms with Gasteiger partial charge in [-0.3, -0.25) is 9.59 Å². The zero-order valence-electron chi connectivity index (χ0n) is 39.5. The third kappa shape index (κ3) is 7.34. The summed E-state index contributed by atoms with van der Waals surface area (Å²) in [6.07, 6.45) is 14.2. The van der Waals surface area contributed by atoms with Crippen LogP contribution in [-0.2, 0) is 27.2 Å². The van der Waals surface area contributed by atoms with Gasteiger partial charge >= 0.3 is 5.97 Å². The van der Waals surface area contributed by atoms with Crippen LogP contribution >= 0.6 is 0 Å². The first-order valence-corrected chi connectivity index (χ1v) is 23.9. The SMILES string of the molecule is C=C1CC2(NC(=C)C(C)(C)C3Cc4ccccc4C3)CCC3C(CCC4C3(C)CCC3C(C)(C)C(OC(=C)C5CC(C(=O)O)C5C)CCC34C)C2=C1C(C)C.CC.NC=O. The summed E-state index contributed by atoms with van der Waals surface area (Å²) < 4.78 is 6.84. The number of carboxylic acids is 1. The molecule has 1 aromatic carbocycles. The number of nitrogens with two attached hydrogens (primary N) is 1. The average molecular weight is 823 g/mol. The summed E-state index contributed by atoms with van der Waals surface area (Å²) in [7, 11) is 0. The minimum Gasteiger partial charge on any atom is -0.495 e. The van der Waals surface area contributed by atoms with Gasteiger partial charge in [0.25, 0.3) is 0 Å². The monoisotopic (exact) mass is 823 g/mol. The molecule has 60 heavy (non-hydrogen) atoms. The fraction of sp³-hybridized carbons (Fsp3) is 0.704. The van der Waals surface area contributed by atoms with Gasteiger partial charge in [0.15, 0.2) is 0 Å². The van der Waals surface area contributed by atoms with Crippen LogP contribution in [0.3, 0.4) is 0 Å². The molecule has 0 heterocycles. The topological polar surface area (TPSA) is 102 Å². The Morgan fingerprint density at radius 1 is 0.933 bits per heavy atom. The highest BCUT2D eigenvalue weighted by molar-refractivity contribution is 5.71. The Kier molecular flexibility index (Phi) is 12.9. The smallest absolute Gasteiger partial charge is 0.306 e. The van der Waals surface area contributed by atoms with Gasteiger partial charge in [-0.25, -0.2) is 0 Å². The fourth-order valence-corrected chi connectivity index (χ4v) is 15.4. The number of rotatable bonds is 9. The van der Waals surface area contributed by atoms with Crippen LogP contribution in [0.2, 0.25) is 0 Å². The quantitative estimate of drug-likeness (QED) is 0.170. The zero-order valence-corrected chi connectivity index (χ0v) is 39.5. The summed E-state index contributed by atoms with van der Waals surface area (Å²) in [6.45, 7) is 40.2. The highest BCUT2D eigenvalue weighted by Crippen LogP contribution is 2.72. The normalized spacial score (nSPS) is 37.6. The van der Waals surface area contributed by atoms with Crippen molar-refractivity contribution in [1.29, 1.82) is 0 Å². The van der Waals surface area contributed by atoms with Gasteiger partial charge in [0.05, 0.1) is 17.2 Å². The Morgan fingerprint density at radius 3 is 2.10 bits per heavy atom. The molecular weight excluding hydrogens is 741 g/mol. The number of primary amides is 1. The van der Waals surface area contributed by atoms with Crippen molar-refractivity contribution in [2.45, 2.75) is 165 Å². The van der Waals surface area contributed by atoms with Crippen LogP contribution in [0.5, 0.6) is 0 Å². The molecule has 0 radical (unpaired) electrons. The van der Waals surface area contributed by atoms with Crippen LogP contribution in [0.1, 0.15) is 151 Å². The Labute approximate surface area is 364 Å². The van der Waals surface area contributed by atoms with Gasteiger partial charge < -0.3 is 20.9 Å². The second-order valence-corrected chi connectivity index (χ2v) is 22.2. The molecule has 1 aromatic rings. The maximum absolute atomic E-state index is 11.7. The number of carbonyl (C=O) groups is 2. The standard InChI is InChI=1S/C51H73NO3.C2H6.CH3NO/c1-29(2)44-30(3)28-51(52-33(6)47(7,8)36-25-34-15-13-14-16-35(34)26-36)24-19-40-37(45(44)51)17-18-42-49(40,11)22-20-41-48(9,10)43(21-23-50(41,42)12)55-32(5)38-27-39(31(38)4)46(53)54;1-2;2-1-3/h13-16,29,31,36-43,52H,3,5-6,17-28H2,1-2,4,7-12H3,(H,53,54);1-2H3;1H,(H2,2,3). The van der Waals surface area contributed by atoms with Crippen molar-refractivity contribution in [3.8, 4) is 0 Å². The lowest BCUT2D eigenvalue weighted by Crippen LogP contribution is -2.64. The fourth-order valence-electron chi connectivity index (χ4n) is 15.4. The lowest BCUT2D eigenvalue weighted by molar-refractivity contribution is -0.207. The number of amides is 1. The maximum Gasteiger partial charge on any atom is 0.306 e. The summed E-state index contributed by atoms with van der Waals surface area (Å²) in [5, 5.41) is 13.9. The number of aliphatic carboxylic acids is 1. The van der Waals surface area contributed by atoms with E-state index in [2.05, 4.69) is 104 Å². The molecule has 7 aliphatic carbocycles. The third-order valence-corrected chi connectivity index (χ3v) is 18.7. The van der Waals surface area contributed by atoms with Gasteiger partial charge in [0.1, 0.15) is 6.10 Å². The predicted octanol–water partition coefficient (Wildman–Crippen LogP) is 12.2. The molecule has 11 atom stereocenters. The van der Waals surface area contributed by atoms with E-state index in [1.54, 1.807) is 11.1 Å². The molecular formula is C54H82N2O4. The molecule has 4 N–H and O–H groups in total. The molecule has 6 heteroatoms. The zero-order chi connectivity index (χ0) is 44.3. The highest BCUT2D eigenvalue weighted by Gasteiger charge is 2.66. The summed E-state index contributed by atoms with van der Waals surface area (Å²) in [5.74, 6) is 3.75. The number of allylic oxidation sites excluding steroid dienone is 3. The van der Waals surface area contributed by atoms with Crippen LogP contribution in [0.25, 0.3) is 0 Å². The van der Waals surface area contributed by atoms with Gasteiger partial charge in [0, 0.05) is 22.4 Å². The Hall–Kier alpha value is -3.28. The van der Waals surface area contributed by atoms with Gasteiger partial charge in [-0.05, 0) is 157 Å². The average Bonchev–Trinajstić information content (AvgIpc) is 3.75. The Bertz CT molecular complexity index is 1850. The van der Waals surface area contributed by atoms with E-state index in [0.717, 1.165) is 31.4 Å². The van der Waals surface area contributed by atoms with Gasteiger partial charge in [-0.2, -0.15) is 0 Å². The molecule has 0 spiro atoms. The van der Waals surface area contributed by atoms with Crippen molar-refractivity contribution in [1.82, 2.24) is 5.32 Å². The second-order valence-electron chi connectivity index (χ2n) is 22.2. The van der Waals surface area contributed by atoms with Crippen LogP contribution in [0.4, 0.5) is 0 Å². The van der Waals surface area contributed by atoms with Gasteiger partial charge in [0.2, 0.25) is 6.41 Å². The number of carboxylic acid groups (broad SMARTS) is 1. The van der Waals surface area contributed by atoms with Crippen LogP contribution < -0.4 is 11.1 Å². The molecule has 0 aliphatic heterocycles. The molecule has 11 unspecified atom stereocenters. The maximum atomic E-state index is 11.7. The third-order valence-electron chi connectivity index (χ3n) is 18.7. The number of carbonyl (C=O) groups excluding carboxylic acids is 1. The number of fused-ring (bicyclic) bond motifs is 8. The summed E-state index contributed by atoms with van der Waals surface area (Å²) in [6, 6.07) is 9.06. The largest absolute Gasteiger partial charge is 0.495 e. The number of hydrogen-bond donors (Lipinski definition) is 3. The molecule has 5 fully saturated rings. The molecule has 5 saturated carbocycles. The summed E-state index contributed by atoms with van der Waals surface area (Å²) >= 11 is 0. The summed E-state index contributed by atoms with van der Waals surface area (Å²) in [4.78, 5) is 20.3. The molecule has 0 aromatic heterocycles. The molecule has 6 nitrogen and oxygen atoms in total. The lowest BCUT2D eigenvalue weighted by Gasteiger charge is -2.69. The van der Waals surface area contributed by atoms with E-state index in [1.165, 1.54) is 67.3 Å². The Balaban J connectivity index is 0.00000116. The first-order valence-electron chi connectivity index (χ1n) is 23.9. The van der Waals surface area contributed by atoms with E-state index < -0.39 is 5.97 Å². The van der Waals surface area contributed by atoms with E-state index in [0.29, 0.717) is 47.3 Å². The van der Waals surface area contributed by atoms with Crippen molar-refractivity contribution in [3.63, 3.8) is 0 Å². The van der Waals surface area contributed by atoms with Crippen molar-refractivity contribution in [2.24, 2.45) is 80.7 Å². The van der Waals surface area contributed by atoms with E-state index in [4.69, 9.17) is 22.7 Å². The van der Waals surface area contributed by atoms with Crippen LogP contribution in [-0.4, -0.2) is 29.1 Å². The van der Waals surface area contributed by atoms with Crippen molar-refractivity contribution in [3.05, 3.63) is 83.3 Å². The molecule has 332 valence electrons. The molecule has 0 bridgehead atoms. The van der Waals surface area contributed by atoms with Crippen LogP contribution in [0.15, 0.2) is 72.2 Å². The highest BCUT2D eigenvalue weighted by atomic mass is 16.5. The van der Waals surface area contributed by atoms with Crippen molar-refractivity contribution < 1.29 is 19.4 Å². The number of benzene rings is 1. The van der Waals surface area contributed by atoms with Crippen molar-refractivity contribution >= 4 is 12.4 Å². The molecule has 8 rings (SSSR count). The first-order chi connectivity index (χ1) is 28.2. The minimum absolute atomic E-state index is 0.0208. The van der Waals surface area contributed by atoms with Gasteiger partial charge in [-0.15, -0.1) is 0 Å². The van der Waals surface area contributed by atoms with Crippen LogP contribution in [0, 0.1) is 74.9 Å². The molecule has 0 saturated heterocycles. The van der Waals surface area contributed by atoms with Crippen molar-refractivity contribution in [2.75, 3.05) is 0 Å². The minimum atomic E-state index is -0.680. The van der Waals surface area contributed by atoms with Gasteiger partial charge in [-0.1, -0.05) is 120 Å². The predicted molar refractivity (Wildman–Crippen MR) is 247 cm³/mol. The number of ether oxygens (including phenoxy) is 1.